The predicted octanol–water partition coefficient (Wildman–Crippen LogP) is 1.58. The molecule has 0 bridgehead atoms. The standard InChI is InChI=1S/C12H22O4/c1-4-9-6-14-12-10(7-15-11(9)12)16-8(3)13-5-2/h8-12H,4-7H2,1-3H3. The lowest BCUT2D eigenvalue weighted by atomic mass is 9.99. The quantitative estimate of drug-likeness (QED) is 0.672. The van der Waals surface area contributed by atoms with Crippen molar-refractivity contribution >= 4 is 0 Å². The number of fused-ring (bicyclic) bond motifs is 1. The van der Waals surface area contributed by atoms with E-state index < -0.39 is 0 Å². The lowest BCUT2D eigenvalue weighted by Crippen LogP contribution is -2.34. The summed E-state index contributed by atoms with van der Waals surface area (Å²) in [6.45, 7) is 8.16. The zero-order valence-electron chi connectivity index (χ0n) is 10.3. The Morgan fingerprint density at radius 3 is 2.62 bits per heavy atom. The topological polar surface area (TPSA) is 36.9 Å². The van der Waals surface area contributed by atoms with Crippen molar-refractivity contribution in [3.8, 4) is 0 Å². The second-order valence-corrected chi connectivity index (χ2v) is 4.46. The summed E-state index contributed by atoms with van der Waals surface area (Å²) in [6.07, 6.45) is 1.29. The molecular formula is C12H22O4. The minimum absolute atomic E-state index is 0.0306. The van der Waals surface area contributed by atoms with Crippen LogP contribution in [-0.2, 0) is 18.9 Å². The van der Waals surface area contributed by atoms with E-state index in [0.717, 1.165) is 13.0 Å². The molecule has 2 heterocycles. The van der Waals surface area contributed by atoms with Gasteiger partial charge in [0.1, 0.15) is 12.2 Å². The van der Waals surface area contributed by atoms with Crippen LogP contribution in [0, 0.1) is 5.92 Å². The van der Waals surface area contributed by atoms with Gasteiger partial charge in [0.15, 0.2) is 6.29 Å². The Kier molecular flexibility index (Phi) is 4.19. The van der Waals surface area contributed by atoms with Crippen molar-refractivity contribution in [1.82, 2.24) is 0 Å². The lowest BCUT2D eigenvalue weighted by Gasteiger charge is -2.21. The largest absolute Gasteiger partial charge is 0.372 e. The number of ether oxygens (including phenoxy) is 4. The van der Waals surface area contributed by atoms with Crippen molar-refractivity contribution < 1.29 is 18.9 Å². The van der Waals surface area contributed by atoms with Gasteiger partial charge in [-0.15, -0.1) is 0 Å². The van der Waals surface area contributed by atoms with Crippen LogP contribution in [0.1, 0.15) is 27.2 Å². The van der Waals surface area contributed by atoms with E-state index in [9.17, 15) is 0 Å². The molecule has 2 aliphatic heterocycles. The van der Waals surface area contributed by atoms with Crippen LogP contribution >= 0.6 is 0 Å². The van der Waals surface area contributed by atoms with Gasteiger partial charge in [0.25, 0.3) is 0 Å². The third-order valence-corrected chi connectivity index (χ3v) is 3.40. The second kappa shape index (κ2) is 5.45. The molecule has 2 rings (SSSR count). The Bertz CT molecular complexity index is 221. The van der Waals surface area contributed by atoms with E-state index in [1.54, 1.807) is 0 Å². The molecule has 0 N–H and O–H groups in total. The van der Waals surface area contributed by atoms with Gasteiger partial charge in [-0.25, -0.2) is 0 Å². The molecule has 0 radical (unpaired) electrons. The third-order valence-electron chi connectivity index (χ3n) is 3.40. The zero-order chi connectivity index (χ0) is 11.5. The van der Waals surface area contributed by atoms with Crippen LogP contribution in [0.15, 0.2) is 0 Å². The molecule has 2 fully saturated rings. The summed E-state index contributed by atoms with van der Waals surface area (Å²) in [5, 5.41) is 0. The van der Waals surface area contributed by atoms with Crippen molar-refractivity contribution in [2.75, 3.05) is 19.8 Å². The molecule has 2 saturated heterocycles. The maximum atomic E-state index is 5.79. The normalized spacial score (nSPS) is 39.9. The van der Waals surface area contributed by atoms with Gasteiger partial charge in [-0.2, -0.15) is 0 Å². The first kappa shape index (κ1) is 12.3. The monoisotopic (exact) mass is 230 g/mol. The van der Waals surface area contributed by atoms with Gasteiger partial charge in [-0.05, 0) is 20.3 Å². The van der Waals surface area contributed by atoms with Gasteiger partial charge in [-0.1, -0.05) is 6.92 Å². The molecule has 0 saturated carbocycles. The van der Waals surface area contributed by atoms with Crippen molar-refractivity contribution in [3.05, 3.63) is 0 Å². The highest BCUT2D eigenvalue weighted by Crippen LogP contribution is 2.34. The maximum Gasteiger partial charge on any atom is 0.155 e. The third kappa shape index (κ3) is 2.40. The molecule has 0 amide bonds. The Morgan fingerprint density at radius 2 is 1.94 bits per heavy atom. The summed E-state index contributed by atoms with van der Waals surface area (Å²) in [6, 6.07) is 0. The van der Waals surface area contributed by atoms with Gasteiger partial charge in [0.05, 0.1) is 19.3 Å². The van der Waals surface area contributed by atoms with Crippen molar-refractivity contribution in [2.24, 2.45) is 5.92 Å². The smallest absolute Gasteiger partial charge is 0.155 e. The van der Waals surface area contributed by atoms with E-state index >= 15 is 0 Å². The fourth-order valence-electron chi connectivity index (χ4n) is 2.53. The van der Waals surface area contributed by atoms with Crippen molar-refractivity contribution in [1.29, 1.82) is 0 Å². The Morgan fingerprint density at radius 1 is 1.19 bits per heavy atom. The Balaban J connectivity index is 1.85. The van der Waals surface area contributed by atoms with Crippen molar-refractivity contribution in [3.63, 3.8) is 0 Å². The summed E-state index contributed by atoms with van der Waals surface area (Å²) in [5.74, 6) is 0.529. The molecule has 94 valence electrons. The fraction of sp³-hybridized carbons (Fsp3) is 1.00. The molecular weight excluding hydrogens is 208 g/mol. The van der Waals surface area contributed by atoms with Gasteiger partial charge >= 0.3 is 0 Å². The van der Waals surface area contributed by atoms with Crippen LogP contribution < -0.4 is 0 Å². The highest BCUT2D eigenvalue weighted by molar-refractivity contribution is 4.94. The molecule has 2 aliphatic rings. The van der Waals surface area contributed by atoms with Gasteiger partial charge in [0, 0.05) is 12.5 Å². The van der Waals surface area contributed by atoms with Crippen molar-refractivity contribution in [2.45, 2.75) is 51.8 Å². The number of hydrogen-bond donors (Lipinski definition) is 0. The van der Waals surface area contributed by atoms with E-state index in [2.05, 4.69) is 6.92 Å². The molecule has 16 heavy (non-hydrogen) atoms. The van der Waals surface area contributed by atoms with E-state index in [4.69, 9.17) is 18.9 Å². The molecule has 4 nitrogen and oxygen atoms in total. The molecule has 0 aromatic rings. The molecule has 5 atom stereocenters. The SMILES string of the molecule is CCOC(C)OC1COC2C(CC)COC12. The van der Waals surface area contributed by atoms with E-state index in [1.807, 2.05) is 13.8 Å². The molecule has 0 aromatic carbocycles. The highest BCUT2D eigenvalue weighted by atomic mass is 16.7. The average molecular weight is 230 g/mol. The molecule has 5 unspecified atom stereocenters. The first-order chi connectivity index (χ1) is 7.76. The van der Waals surface area contributed by atoms with Gasteiger partial charge < -0.3 is 18.9 Å². The summed E-state index contributed by atoms with van der Waals surface area (Å²) >= 11 is 0. The van der Waals surface area contributed by atoms with Gasteiger partial charge in [-0.3, -0.25) is 0 Å². The number of hydrogen-bond acceptors (Lipinski definition) is 4. The molecule has 0 aliphatic carbocycles. The van der Waals surface area contributed by atoms with Crippen LogP contribution in [0.4, 0.5) is 0 Å². The minimum Gasteiger partial charge on any atom is -0.372 e. The fourth-order valence-corrected chi connectivity index (χ4v) is 2.53. The first-order valence-corrected chi connectivity index (χ1v) is 6.26. The van der Waals surface area contributed by atoms with Crippen LogP contribution in [0.5, 0.6) is 0 Å². The summed E-state index contributed by atoms with van der Waals surface area (Å²) in [5.41, 5.74) is 0. The molecule has 0 aromatic heterocycles. The summed E-state index contributed by atoms with van der Waals surface area (Å²) in [7, 11) is 0. The van der Waals surface area contributed by atoms with E-state index in [-0.39, 0.29) is 24.6 Å². The van der Waals surface area contributed by atoms with E-state index in [1.165, 1.54) is 0 Å². The number of rotatable bonds is 5. The predicted molar refractivity (Wildman–Crippen MR) is 59.2 cm³/mol. The Labute approximate surface area is 97.2 Å². The van der Waals surface area contributed by atoms with Crippen LogP contribution in [0.2, 0.25) is 0 Å². The Hall–Kier alpha value is -0.160. The average Bonchev–Trinajstić information content (AvgIpc) is 2.81. The first-order valence-electron chi connectivity index (χ1n) is 6.26. The highest BCUT2D eigenvalue weighted by Gasteiger charge is 2.47. The van der Waals surface area contributed by atoms with Crippen LogP contribution in [0.3, 0.4) is 0 Å². The molecule has 4 heteroatoms. The summed E-state index contributed by atoms with van der Waals surface area (Å²) in [4.78, 5) is 0. The molecule has 0 spiro atoms. The maximum absolute atomic E-state index is 5.79. The van der Waals surface area contributed by atoms with Crippen LogP contribution in [0.25, 0.3) is 0 Å². The summed E-state index contributed by atoms with van der Waals surface area (Å²) < 4.78 is 22.7. The lowest BCUT2D eigenvalue weighted by molar-refractivity contribution is -0.175. The van der Waals surface area contributed by atoms with Crippen LogP contribution in [-0.4, -0.2) is 44.4 Å². The zero-order valence-corrected chi connectivity index (χ0v) is 10.3. The second-order valence-electron chi connectivity index (χ2n) is 4.46. The van der Waals surface area contributed by atoms with E-state index in [0.29, 0.717) is 19.1 Å². The van der Waals surface area contributed by atoms with Gasteiger partial charge in [0.2, 0.25) is 0 Å². The minimum atomic E-state index is -0.179.